The molecule has 0 fully saturated rings. The van der Waals surface area contributed by atoms with Crippen LogP contribution in [0.4, 0.5) is 13.2 Å². The molecule has 0 aromatic heterocycles. The molecule has 0 aliphatic rings. The fourth-order valence-electron chi connectivity index (χ4n) is 0.644. The normalized spacial score (nSPS) is 13.7. The van der Waals surface area contributed by atoms with Crippen LogP contribution < -0.4 is 0 Å². The van der Waals surface area contributed by atoms with Crippen molar-refractivity contribution in [3.05, 3.63) is 11.6 Å². The molecule has 0 aromatic carbocycles. The Labute approximate surface area is 63.8 Å². The molecule has 4 heteroatoms. The van der Waals surface area contributed by atoms with Crippen molar-refractivity contribution < 1.29 is 17.9 Å². The highest BCUT2D eigenvalue weighted by Gasteiger charge is 2.31. The van der Waals surface area contributed by atoms with Gasteiger partial charge in [0.05, 0.1) is 6.61 Å². The smallest absolute Gasteiger partial charge is 0.381 e. The molecule has 0 radical (unpaired) electrons. The number of ether oxygens (including phenoxy) is 1. The Morgan fingerprint density at radius 2 is 2.00 bits per heavy atom. The Balaban J connectivity index is 4.16. The second-order valence-corrected chi connectivity index (χ2v) is 2.04. The lowest BCUT2D eigenvalue weighted by Gasteiger charge is -2.08. The molecule has 0 saturated heterocycles. The zero-order valence-electron chi connectivity index (χ0n) is 6.53. The van der Waals surface area contributed by atoms with Gasteiger partial charge in [-0.25, -0.2) is 0 Å². The van der Waals surface area contributed by atoms with Gasteiger partial charge < -0.3 is 4.74 Å². The summed E-state index contributed by atoms with van der Waals surface area (Å²) in [5.41, 5.74) is -0.528. The van der Waals surface area contributed by atoms with Crippen LogP contribution in [0.15, 0.2) is 11.6 Å². The number of methoxy groups -OCH3 is 1. The van der Waals surface area contributed by atoms with Crippen LogP contribution in [0.3, 0.4) is 0 Å². The second-order valence-electron chi connectivity index (χ2n) is 2.04. The van der Waals surface area contributed by atoms with Crippen LogP contribution >= 0.6 is 0 Å². The van der Waals surface area contributed by atoms with Crippen molar-refractivity contribution in [1.82, 2.24) is 0 Å². The number of hydrogen-bond acceptors (Lipinski definition) is 1. The van der Waals surface area contributed by atoms with E-state index in [9.17, 15) is 13.2 Å². The molecule has 0 N–H and O–H groups in total. The van der Waals surface area contributed by atoms with Crippen molar-refractivity contribution in [2.24, 2.45) is 0 Å². The lowest BCUT2D eigenvalue weighted by Crippen LogP contribution is -2.11. The van der Waals surface area contributed by atoms with Gasteiger partial charge in [-0.3, -0.25) is 0 Å². The minimum absolute atomic E-state index is 0.00708. The van der Waals surface area contributed by atoms with Gasteiger partial charge in [-0.05, 0) is 6.42 Å². The minimum atomic E-state index is -4.20. The number of alkyl halides is 3. The third kappa shape index (κ3) is 4.03. The second kappa shape index (κ2) is 4.38. The summed E-state index contributed by atoms with van der Waals surface area (Å²) in [6.45, 7) is 1.48. The molecule has 0 atom stereocenters. The van der Waals surface area contributed by atoms with Crippen molar-refractivity contribution in [2.75, 3.05) is 13.7 Å². The molecule has 11 heavy (non-hydrogen) atoms. The predicted octanol–water partition coefficient (Wildman–Crippen LogP) is 2.53. The molecule has 0 aromatic rings. The SMILES string of the molecule is CCC(=CCOC)C(F)(F)F. The van der Waals surface area contributed by atoms with Crippen LogP contribution in [0.5, 0.6) is 0 Å². The highest BCUT2D eigenvalue weighted by molar-refractivity contribution is 5.08. The van der Waals surface area contributed by atoms with E-state index in [2.05, 4.69) is 4.74 Å². The van der Waals surface area contributed by atoms with Crippen molar-refractivity contribution in [1.29, 1.82) is 0 Å². The third-order valence-corrected chi connectivity index (χ3v) is 1.24. The van der Waals surface area contributed by atoms with Gasteiger partial charge in [-0.2, -0.15) is 13.2 Å². The summed E-state index contributed by atoms with van der Waals surface area (Å²) >= 11 is 0. The van der Waals surface area contributed by atoms with E-state index in [1.807, 2.05) is 0 Å². The maximum atomic E-state index is 11.9. The summed E-state index contributed by atoms with van der Waals surface area (Å²) in [5, 5.41) is 0. The summed E-state index contributed by atoms with van der Waals surface area (Å²) in [5.74, 6) is 0. The van der Waals surface area contributed by atoms with Crippen LogP contribution in [0.25, 0.3) is 0 Å². The zero-order valence-corrected chi connectivity index (χ0v) is 6.53. The number of hydrogen-bond donors (Lipinski definition) is 0. The molecule has 0 aliphatic heterocycles. The van der Waals surface area contributed by atoms with Crippen LogP contribution in [-0.4, -0.2) is 19.9 Å². The summed E-state index contributed by atoms with van der Waals surface area (Å²) in [6, 6.07) is 0. The Hall–Kier alpha value is -0.510. The zero-order chi connectivity index (χ0) is 8.91. The molecular formula is C7H11F3O. The number of allylic oxidation sites excluding steroid dienone is 1. The average Bonchev–Trinajstić information content (AvgIpc) is 1.87. The first-order chi connectivity index (χ1) is 5.02. The standard InChI is InChI=1S/C7H11F3O/c1-3-6(4-5-11-2)7(8,9)10/h4H,3,5H2,1-2H3. The molecule has 0 heterocycles. The van der Waals surface area contributed by atoms with Gasteiger partial charge in [-0.1, -0.05) is 13.0 Å². The van der Waals surface area contributed by atoms with Crippen LogP contribution in [0.2, 0.25) is 0 Å². The van der Waals surface area contributed by atoms with Crippen molar-refractivity contribution in [3.63, 3.8) is 0 Å². The third-order valence-electron chi connectivity index (χ3n) is 1.24. The molecule has 0 amide bonds. The lowest BCUT2D eigenvalue weighted by molar-refractivity contribution is -0.0940. The summed E-state index contributed by atoms with van der Waals surface area (Å²) in [4.78, 5) is 0. The lowest BCUT2D eigenvalue weighted by atomic mass is 10.2. The first-order valence-electron chi connectivity index (χ1n) is 3.27. The van der Waals surface area contributed by atoms with E-state index in [1.165, 1.54) is 14.0 Å². The quantitative estimate of drug-likeness (QED) is 0.588. The number of halogens is 3. The fraction of sp³-hybridized carbons (Fsp3) is 0.714. The first kappa shape index (κ1) is 10.5. The molecule has 0 rings (SSSR count). The van der Waals surface area contributed by atoms with E-state index >= 15 is 0 Å². The minimum Gasteiger partial charge on any atom is -0.381 e. The van der Waals surface area contributed by atoms with Gasteiger partial charge in [-0.15, -0.1) is 0 Å². The van der Waals surface area contributed by atoms with Crippen LogP contribution in [0, 0.1) is 0 Å². The highest BCUT2D eigenvalue weighted by atomic mass is 19.4. The molecule has 0 saturated carbocycles. The van der Waals surface area contributed by atoms with Crippen LogP contribution in [0.1, 0.15) is 13.3 Å². The summed E-state index contributed by atoms with van der Waals surface area (Å²) in [7, 11) is 1.36. The van der Waals surface area contributed by atoms with Gasteiger partial charge in [0.2, 0.25) is 0 Å². The van der Waals surface area contributed by atoms with E-state index in [0.717, 1.165) is 6.08 Å². The van der Waals surface area contributed by atoms with Crippen molar-refractivity contribution >= 4 is 0 Å². The maximum absolute atomic E-state index is 11.9. The molecule has 0 bridgehead atoms. The number of rotatable bonds is 3. The van der Waals surface area contributed by atoms with Crippen molar-refractivity contribution in [2.45, 2.75) is 19.5 Å². The van der Waals surface area contributed by atoms with Crippen LogP contribution in [-0.2, 0) is 4.74 Å². The molecule has 0 aliphatic carbocycles. The summed E-state index contributed by atoms with van der Waals surface area (Å²) in [6.07, 6.45) is -3.15. The molecule has 1 nitrogen and oxygen atoms in total. The van der Waals surface area contributed by atoms with Gasteiger partial charge in [0.15, 0.2) is 0 Å². The molecular weight excluding hydrogens is 157 g/mol. The van der Waals surface area contributed by atoms with E-state index in [-0.39, 0.29) is 13.0 Å². The topological polar surface area (TPSA) is 9.23 Å². The average molecular weight is 168 g/mol. The Morgan fingerprint density at radius 3 is 2.27 bits per heavy atom. The van der Waals surface area contributed by atoms with Gasteiger partial charge in [0, 0.05) is 12.7 Å². The van der Waals surface area contributed by atoms with Crippen molar-refractivity contribution in [3.8, 4) is 0 Å². The van der Waals surface area contributed by atoms with Gasteiger partial charge in [0.25, 0.3) is 0 Å². The first-order valence-corrected chi connectivity index (χ1v) is 3.27. The van der Waals surface area contributed by atoms with Gasteiger partial charge in [0.1, 0.15) is 0 Å². The fourth-order valence-corrected chi connectivity index (χ4v) is 0.644. The maximum Gasteiger partial charge on any atom is 0.412 e. The Kier molecular flexibility index (Phi) is 4.18. The summed E-state index contributed by atoms with van der Waals surface area (Å²) < 4.78 is 40.3. The predicted molar refractivity (Wildman–Crippen MR) is 36.3 cm³/mol. The Morgan fingerprint density at radius 1 is 1.45 bits per heavy atom. The largest absolute Gasteiger partial charge is 0.412 e. The van der Waals surface area contributed by atoms with E-state index in [0.29, 0.717) is 0 Å². The molecule has 0 spiro atoms. The van der Waals surface area contributed by atoms with Gasteiger partial charge >= 0.3 is 6.18 Å². The van der Waals surface area contributed by atoms with E-state index in [1.54, 1.807) is 0 Å². The highest BCUT2D eigenvalue weighted by Crippen LogP contribution is 2.27. The molecule has 0 unspecified atom stereocenters. The van der Waals surface area contributed by atoms with E-state index < -0.39 is 11.7 Å². The molecule has 66 valence electrons. The Bertz CT molecular complexity index is 137. The monoisotopic (exact) mass is 168 g/mol. The van der Waals surface area contributed by atoms with E-state index in [4.69, 9.17) is 0 Å².